The summed E-state index contributed by atoms with van der Waals surface area (Å²) in [6, 6.07) is 4.64. The first-order valence-corrected chi connectivity index (χ1v) is 7.85. The molecule has 1 rings (SSSR count). The van der Waals surface area contributed by atoms with Crippen molar-refractivity contribution in [2.75, 3.05) is 17.4 Å². The molecule has 0 fully saturated rings. The highest BCUT2D eigenvalue weighted by Gasteiger charge is 2.15. The fourth-order valence-electron chi connectivity index (χ4n) is 1.81. The lowest BCUT2D eigenvalue weighted by atomic mass is 10.1. The average molecular weight is 285 g/mol. The van der Waals surface area contributed by atoms with Crippen molar-refractivity contribution in [3.63, 3.8) is 0 Å². The molecule has 0 spiro atoms. The third-order valence-corrected chi connectivity index (χ3v) is 3.67. The highest BCUT2D eigenvalue weighted by atomic mass is 32.2. The summed E-state index contributed by atoms with van der Waals surface area (Å²) >= 11 is 0. The fraction of sp³-hybridized carbons (Fsp3) is 0.417. The largest absolute Gasteiger partial charge is 0.349 e. The maximum Gasteiger partial charge on any atom is 0.251 e. The molecule has 4 N–H and O–H groups in total. The monoisotopic (exact) mass is 285 g/mol. The lowest BCUT2D eigenvalue weighted by molar-refractivity contribution is 0.0943. The number of carbonyl (C=O) groups excluding carboxylic acids is 1. The van der Waals surface area contributed by atoms with Crippen LogP contribution in [0.25, 0.3) is 0 Å². The van der Waals surface area contributed by atoms with Crippen molar-refractivity contribution in [1.29, 1.82) is 0 Å². The Morgan fingerprint density at radius 1 is 1.42 bits per heavy atom. The van der Waals surface area contributed by atoms with Gasteiger partial charge in [-0.1, -0.05) is 0 Å². The first-order chi connectivity index (χ1) is 8.73. The number of anilines is 1. The number of nitrogens with two attached hydrogens (primary N) is 1. The Kier molecular flexibility index (Phi) is 4.90. The highest BCUT2D eigenvalue weighted by Crippen LogP contribution is 2.14. The van der Waals surface area contributed by atoms with Gasteiger partial charge >= 0.3 is 0 Å². The zero-order chi connectivity index (χ0) is 14.6. The second-order valence-corrected chi connectivity index (χ2v) is 6.83. The second-order valence-electron chi connectivity index (χ2n) is 4.64. The molecule has 0 saturated heterocycles. The fourth-order valence-corrected chi connectivity index (χ4v) is 2.80. The zero-order valence-electron chi connectivity index (χ0n) is 11.2. The van der Waals surface area contributed by atoms with Crippen LogP contribution in [0.2, 0.25) is 0 Å². The number of sulfone groups is 1. The molecule has 1 amide bonds. The minimum atomic E-state index is -3.11. The van der Waals surface area contributed by atoms with Crippen LogP contribution in [-0.2, 0) is 9.84 Å². The molecule has 0 heterocycles. The Labute approximate surface area is 113 Å². The van der Waals surface area contributed by atoms with Crippen molar-refractivity contribution < 1.29 is 13.2 Å². The van der Waals surface area contributed by atoms with Crippen molar-refractivity contribution >= 4 is 21.4 Å². The number of nitrogen functional groups attached to an aromatic ring is 1. The van der Waals surface area contributed by atoms with Crippen LogP contribution >= 0.6 is 0 Å². The summed E-state index contributed by atoms with van der Waals surface area (Å²) < 4.78 is 22.3. The van der Waals surface area contributed by atoms with Gasteiger partial charge < -0.3 is 10.7 Å². The van der Waals surface area contributed by atoms with Gasteiger partial charge in [0.25, 0.3) is 5.91 Å². The molecule has 1 unspecified atom stereocenters. The summed E-state index contributed by atoms with van der Waals surface area (Å²) in [7, 11) is -3.11. The molecule has 1 aromatic carbocycles. The lowest BCUT2D eigenvalue weighted by Gasteiger charge is -2.14. The number of amides is 1. The molecule has 0 aliphatic carbocycles. The molecule has 1 aromatic rings. The molecule has 0 aliphatic rings. The van der Waals surface area contributed by atoms with Crippen LogP contribution in [-0.4, -0.2) is 32.4 Å². The van der Waals surface area contributed by atoms with E-state index >= 15 is 0 Å². The summed E-state index contributed by atoms with van der Waals surface area (Å²) in [5.41, 5.74) is 4.46. The van der Waals surface area contributed by atoms with Crippen molar-refractivity contribution in [2.45, 2.75) is 19.9 Å². The van der Waals surface area contributed by atoms with Crippen molar-refractivity contribution in [2.24, 2.45) is 5.84 Å². The normalized spacial score (nSPS) is 12.8. The third kappa shape index (κ3) is 4.88. The Morgan fingerprint density at radius 2 is 2.05 bits per heavy atom. The van der Waals surface area contributed by atoms with E-state index in [1.807, 2.05) is 0 Å². The van der Waals surface area contributed by atoms with E-state index in [1.165, 1.54) is 0 Å². The van der Waals surface area contributed by atoms with Crippen molar-refractivity contribution in [3.8, 4) is 0 Å². The number of aryl methyl sites for hydroxylation is 1. The average Bonchev–Trinajstić information content (AvgIpc) is 2.25. The summed E-state index contributed by atoms with van der Waals surface area (Å²) in [5.74, 6) is 4.90. The lowest BCUT2D eigenvalue weighted by Crippen LogP contribution is -2.37. The minimum absolute atomic E-state index is 0.0831. The zero-order valence-corrected chi connectivity index (χ0v) is 12.0. The number of hydrogen-bond donors (Lipinski definition) is 3. The van der Waals surface area contributed by atoms with Gasteiger partial charge in [0.15, 0.2) is 0 Å². The summed E-state index contributed by atoms with van der Waals surface area (Å²) in [4.78, 5) is 12.0. The van der Waals surface area contributed by atoms with Gasteiger partial charge in [0.05, 0.1) is 5.75 Å². The standard InChI is InChI=1S/C12H19N3O3S/c1-8-6-10(15-13)4-5-11(8)12(16)14-9(2)7-19(3,17)18/h4-6,9,15H,7,13H2,1-3H3,(H,14,16). The van der Waals surface area contributed by atoms with E-state index in [-0.39, 0.29) is 11.7 Å². The molecule has 106 valence electrons. The summed E-state index contributed by atoms with van der Waals surface area (Å²) in [6.45, 7) is 3.45. The molecular weight excluding hydrogens is 266 g/mol. The van der Waals surface area contributed by atoms with Gasteiger partial charge in [0.2, 0.25) is 0 Å². The van der Waals surface area contributed by atoms with E-state index in [9.17, 15) is 13.2 Å². The van der Waals surface area contributed by atoms with E-state index in [2.05, 4.69) is 10.7 Å². The SMILES string of the molecule is Cc1cc(NN)ccc1C(=O)NC(C)CS(C)(=O)=O. The number of hydrogen-bond acceptors (Lipinski definition) is 5. The maximum atomic E-state index is 12.0. The smallest absolute Gasteiger partial charge is 0.251 e. The second kappa shape index (κ2) is 6.03. The molecule has 0 radical (unpaired) electrons. The number of hydrazine groups is 1. The molecule has 7 heteroatoms. The summed E-state index contributed by atoms with van der Waals surface area (Å²) in [6.07, 6.45) is 1.14. The Balaban J connectivity index is 2.79. The van der Waals surface area contributed by atoms with Crippen LogP contribution in [0, 0.1) is 6.92 Å². The number of rotatable bonds is 5. The number of nitrogens with one attached hydrogen (secondary N) is 2. The van der Waals surface area contributed by atoms with E-state index in [1.54, 1.807) is 32.0 Å². The van der Waals surface area contributed by atoms with Crippen LogP contribution in [0.5, 0.6) is 0 Å². The quantitative estimate of drug-likeness (QED) is 0.538. The third-order valence-electron chi connectivity index (χ3n) is 2.57. The van der Waals surface area contributed by atoms with E-state index < -0.39 is 15.9 Å². The van der Waals surface area contributed by atoms with Crippen LogP contribution in [0.15, 0.2) is 18.2 Å². The van der Waals surface area contributed by atoms with Gasteiger partial charge in [-0.05, 0) is 37.6 Å². The van der Waals surface area contributed by atoms with Gasteiger partial charge in [-0.25, -0.2) is 8.42 Å². The predicted octanol–water partition coefficient (Wildman–Crippen LogP) is 0.444. The van der Waals surface area contributed by atoms with E-state index in [4.69, 9.17) is 5.84 Å². The first kappa shape index (κ1) is 15.5. The van der Waals surface area contributed by atoms with E-state index in [0.717, 1.165) is 11.8 Å². The van der Waals surface area contributed by atoms with Crippen LogP contribution in [0.4, 0.5) is 5.69 Å². The number of benzene rings is 1. The van der Waals surface area contributed by atoms with Crippen LogP contribution < -0.4 is 16.6 Å². The minimum Gasteiger partial charge on any atom is -0.349 e. The molecule has 0 saturated carbocycles. The predicted molar refractivity (Wildman–Crippen MR) is 75.6 cm³/mol. The Bertz CT molecular complexity index is 570. The molecule has 6 nitrogen and oxygen atoms in total. The van der Waals surface area contributed by atoms with Crippen molar-refractivity contribution in [1.82, 2.24) is 5.32 Å². The topological polar surface area (TPSA) is 101 Å². The highest BCUT2D eigenvalue weighted by molar-refractivity contribution is 7.90. The molecule has 0 aliphatic heterocycles. The molecule has 1 atom stereocenters. The molecule has 19 heavy (non-hydrogen) atoms. The van der Waals surface area contributed by atoms with Gasteiger partial charge in [-0.2, -0.15) is 0 Å². The maximum absolute atomic E-state index is 12.0. The van der Waals surface area contributed by atoms with Gasteiger partial charge in [0.1, 0.15) is 9.84 Å². The van der Waals surface area contributed by atoms with Crippen LogP contribution in [0.1, 0.15) is 22.8 Å². The molecule has 0 aromatic heterocycles. The van der Waals surface area contributed by atoms with E-state index in [0.29, 0.717) is 11.3 Å². The van der Waals surface area contributed by atoms with Crippen LogP contribution in [0.3, 0.4) is 0 Å². The van der Waals surface area contributed by atoms with Gasteiger partial charge in [-0.15, -0.1) is 0 Å². The first-order valence-electron chi connectivity index (χ1n) is 5.79. The van der Waals surface area contributed by atoms with Gasteiger partial charge in [-0.3, -0.25) is 10.6 Å². The number of carbonyl (C=O) groups is 1. The Hall–Kier alpha value is -1.60. The molecule has 0 bridgehead atoms. The van der Waals surface area contributed by atoms with Gasteiger partial charge in [0, 0.05) is 23.5 Å². The molecular formula is C12H19N3O3S. The Morgan fingerprint density at radius 3 is 2.53 bits per heavy atom. The summed E-state index contributed by atoms with van der Waals surface area (Å²) in [5, 5.41) is 2.66. The van der Waals surface area contributed by atoms with Crippen molar-refractivity contribution in [3.05, 3.63) is 29.3 Å².